The van der Waals surface area contributed by atoms with Crippen molar-refractivity contribution in [1.29, 1.82) is 0 Å². The van der Waals surface area contributed by atoms with Gasteiger partial charge in [-0.05, 0) is 87.9 Å². The molecule has 1 fully saturated rings. The number of aliphatic carboxylic acids is 1. The Morgan fingerprint density at radius 3 is 2.30 bits per heavy atom. The van der Waals surface area contributed by atoms with Gasteiger partial charge in [-0.2, -0.15) is 4.31 Å². The molecule has 1 aliphatic heterocycles. The van der Waals surface area contributed by atoms with Gasteiger partial charge >= 0.3 is 12.1 Å². The lowest BCUT2D eigenvalue weighted by Gasteiger charge is -2.38. The van der Waals surface area contributed by atoms with Crippen molar-refractivity contribution in [2.75, 3.05) is 26.2 Å². The molecule has 1 N–H and O–H groups in total. The number of carboxylic acid groups (broad SMARTS) is 1. The van der Waals surface area contributed by atoms with Gasteiger partial charge in [0, 0.05) is 24.5 Å². The van der Waals surface area contributed by atoms with Crippen molar-refractivity contribution in [3.8, 4) is 16.2 Å². The molecule has 204 valence electrons. The number of sulfonamides is 1. The normalized spacial score (nSPS) is 15.7. The Labute approximate surface area is 223 Å². The number of benzene rings is 1. The predicted octanol–water partition coefficient (Wildman–Crippen LogP) is 4.92. The molecule has 11 heteroatoms. The van der Waals surface area contributed by atoms with E-state index in [0.29, 0.717) is 39.0 Å². The molecule has 0 radical (unpaired) electrons. The van der Waals surface area contributed by atoms with Gasteiger partial charge in [-0.25, -0.2) is 13.2 Å². The average Bonchev–Trinajstić information content (AvgIpc) is 3.35. The Balaban J connectivity index is 1.82. The summed E-state index contributed by atoms with van der Waals surface area (Å²) in [5.41, 5.74) is 0.854. The number of amides is 1. The second-order valence-electron chi connectivity index (χ2n) is 9.23. The Hall–Kier alpha value is -2.63. The van der Waals surface area contributed by atoms with Gasteiger partial charge in [0.15, 0.2) is 0 Å². The van der Waals surface area contributed by atoms with Crippen LogP contribution in [-0.4, -0.2) is 73.2 Å². The van der Waals surface area contributed by atoms with Crippen molar-refractivity contribution in [1.82, 2.24) is 9.21 Å². The van der Waals surface area contributed by atoms with Gasteiger partial charge in [-0.1, -0.05) is 6.92 Å². The quantitative estimate of drug-likeness (QED) is 0.421. The lowest BCUT2D eigenvalue weighted by Crippen LogP contribution is -2.52. The van der Waals surface area contributed by atoms with Crippen LogP contribution in [0.4, 0.5) is 4.79 Å². The molecular weight excluding hydrogens is 516 g/mol. The van der Waals surface area contributed by atoms with E-state index in [1.165, 1.54) is 6.07 Å². The molecule has 0 bridgehead atoms. The van der Waals surface area contributed by atoms with Crippen molar-refractivity contribution in [2.45, 2.75) is 63.3 Å². The number of rotatable bonds is 11. The van der Waals surface area contributed by atoms with E-state index in [2.05, 4.69) is 0 Å². The molecule has 0 unspecified atom stereocenters. The number of carbonyl (C=O) groups excluding carboxylic acids is 1. The number of carboxylic acids is 1. The minimum atomic E-state index is -4.07. The van der Waals surface area contributed by atoms with Crippen LogP contribution < -0.4 is 4.74 Å². The van der Waals surface area contributed by atoms with Gasteiger partial charge in [-0.15, -0.1) is 11.3 Å². The van der Waals surface area contributed by atoms with Crippen molar-refractivity contribution in [3.05, 3.63) is 36.4 Å². The summed E-state index contributed by atoms with van der Waals surface area (Å²) in [5.74, 6) is -0.867. The Morgan fingerprint density at radius 2 is 1.76 bits per heavy atom. The van der Waals surface area contributed by atoms with Crippen LogP contribution in [-0.2, 0) is 19.6 Å². The summed E-state index contributed by atoms with van der Waals surface area (Å²) in [6.45, 7) is 8.55. The minimum absolute atomic E-state index is 0.0885. The second kappa shape index (κ2) is 12.7. The fourth-order valence-electron chi connectivity index (χ4n) is 4.47. The van der Waals surface area contributed by atoms with E-state index in [1.54, 1.807) is 24.8 Å². The largest absolute Gasteiger partial charge is 0.494 e. The number of hydrogen-bond donors (Lipinski definition) is 1. The molecule has 1 saturated heterocycles. The van der Waals surface area contributed by atoms with E-state index in [-0.39, 0.29) is 16.9 Å². The second-order valence-corrected chi connectivity index (χ2v) is 12.4. The highest BCUT2D eigenvalue weighted by molar-refractivity contribution is 7.91. The van der Waals surface area contributed by atoms with Gasteiger partial charge in [0.05, 0.1) is 12.7 Å². The summed E-state index contributed by atoms with van der Waals surface area (Å²) in [6.07, 6.45) is 0.544. The van der Waals surface area contributed by atoms with Crippen molar-refractivity contribution in [3.63, 3.8) is 0 Å². The molecule has 0 aliphatic carbocycles. The maximum atomic E-state index is 13.8. The lowest BCUT2D eigenvalue weighted by atomic mass is 9.89. The number of thiophene rings is 1. The highest BCUT2D eigenvalue weighted by atomic mass is 32.2. The van der Waals surface area contributed by atoms with Crippen molar-refractivity contribution >= 4 is 33.4 Å². The van der Waals surface area contributed by atoms with E-state index in [9.17, 15) is 23.1 Å². The first kappa shape index (κ1) is 28.9. The maximum absolute atomic E-state index is 13.8. The molecule has 1 amide bonds. The zero-order valence-corrected chi connectivity index (χ0v) is 23.4. The average molecular weight is 553 g/mol. The topological polar surface area (TPSA) is 113 Å². The van der Waals surface area contributed by atoms with E-state index in [1.807, 2.05) is 38.1 Å². The van der Waals surface area contributed by atoms with Crippen LogP contribution in [0.15, 0.2) is 40.6 Å². The Bertz CT molecular complexity index is 1150. The third-order valence-corrected chi connectivity index (χ3v) is 9.66. The number of hydrogen-bond acceptors (Lipinski definition) is 7. The van der Waals surface area contributed by atoms with Crippen LogP contribution in [0.3, 0.4) is 0 Å². The standard InChI is InChI=1S/C26H36N2O7S2/c1-5-15-28(24(25(29)30)20-13-16-27(17-14-20)26(31)35-18(3)4)37(32,33)23-12-11-22(36-23)19-7-9-21(10-8-19)34-6-2/h7-12,18,20,24H,5-6,13-17H2,1-4H3,(H,29,30)/t24-/m1/s1. The predicted molar refractivity (Wildman–Crippen MR) is 142 cm³/mol. The SMILES string of the molecule is CCCN([C@@H](C(=O)O)C1CCN(C(=O)OC(C)C)CC1)S(=O)(=O)c1ccc(-c2ccc(OCC)cc2)s1. The third-order valence-electron chi connectivity index (χ3n) is 6.18. The van der Waals surface area contributed by atoms with Crippen molar-refractivity contribution in [2.24, 2.45) is 5.92 Å². The molecule has 9 nitrogen and oxygen atoms in total. The van der Waals surface area contributed by atoms with Crippen LogP contribution in [0.25, 0.3) is 10.4 Å². The fourth-order valence-corrected chi connectivity index (χ4v) is 7.65. The van der Waals surface area contributed by atoms with Gasteiger partial charge in [0.1, 0.15) is 16.0 Å². The number of likely N-dealkylation sites (tertiary alicyclic amines) is 1. The first-order valence-electron chi connectivity index (χ1n) is 12.6. The molecule has 2 heterocycles. The smallest absolute Gasteiger partial charge is 0.410 e. The summed E-state index contributed by atoms with van der Waals surface area (Å²) >= 11 is 1.12. The third kappa shape index (κ3) is 7.03. The monoisotopic (exact) mass is 552 g/mol. The van der Waals surface area contributed by atoms with Gasteiger partial charge in [0.25, 0.3) is 10.0 Å². The maximum Gasteiger partial charge on any atom is 0.410 e. The lowest BCUT2D eigenvalue weighted by molar-refractivity contribution is -0.144. The van der Waals surface area contributed by atoms with Crippen LogP contribution in [0.1, 0.15) is 47.0 Å². The number of ether oxygens (including phenoxy) is 2. The summed E-state index contributed by atoms with van der Waals surface area (Å²) in [5, 5.41) is 10.2. The first-order chi connectivity index (χ1) is 17.6. The summed E-state index contributed by atoms with van der Waals surface area (Å²) in [4.78, 5) is 27.0. The summed E-state index contributed by atoms with van der Waals surface area (Å²) in [7, 11) is -4.07. The van der Waals surface area contributed by atoms with E-state index >= 15 is 0 Å². The van der Waals surface area contributed by atoms with E-state index in [0.717, 1.165) is 31.8 Å². The van der Waals surface area contributed by atoms with E-state index < -0.39 is 34.0 Å². The van der Waals surface area contributed by atoms with Gasteiger partial charge < -0.3 is 19.5 Å². The zero-order valence-electron chi connectivity index (χ0n) is 21.8. The fraction of sp³-hybridized carbons (Fsp3) is 0.538. The van der Waals surface area contributed by atoms with Gasteiger partial charge in [-0.3, -0.25) is 4.79 Å². The van der Waals surface area contributed by atoms with E-state index in [4.69, 9.17) is 9.47 Å². The molecule has 1 atom stereocenters. The molecule has 0 spiro atoms. The Morgan fingerprint density at radius 1 is 1.11 bits per heavy atom. The van der Waals surface area contributed by atoms with Crippen LogP contribution in [0.2, 0.25) is 0 Å². The number of piperidine rings is 1. The van der Waals surface area contributed by atoms with Crippen LogP contribution in [0.5, 0.6) is 5.75 Å². The van der Waals surface area contributed by atoms with Crippen molar-refractivity contribution < 1.29 is 32.6 Å². The highest BCUT2D eigenvalue weighted by Crippen LogP contribution is 2.36. The molecule has 1 aromatic heterocycles. The molecule has 3 rings (SSSR count). The highest BCUT2D eigenvalue weighted by Gasteiger charge is 2.42. The van der Waals surface area contributed by atoms with Crippen LogP contribution in [0, 0.1) is 5.92 Å². The molecule has 1 aliphatic rings. The van der Waals surface area contributed by atoms with Gasteiger partial charge in [0.2, 0.25) is 0 Å². The molecule has 2 aromatic rings. The number of nitrogens with zero attached hydrogens (tertiary/aromatic N) is 2. The zero-order chi connectivity index (χ0) is 27.2. The van der Waals surface area contributed by atoms with Crippen LogP contribution >= 0.6 is 11.3 Å². The molecule has 37 heavy (non-hydrogen) atoms. The molecule has 1 aromatic carbocycles. The molecule has 0 saturated carbocycles. The summed E-state index contributed by atoms with van der Waals surface area (Å²) < 4.78 is 39.5. The number of carbonyl (C=O) groups is 2. The summed E-state index contributed by atoms with van der Waals surface area (Å²) in [6, 6.07) is 9.47. The first-order valence-corrected chi connectivity index (χ1v) is 14.9. The minimum Gasteiger partial charge on any atom is -0.494 e. The Kier molecular flexibility index (Phi) is 9.97. The molecular formula is C26H36N2O7S2.